The lowest BCUT2D eigenvalue weighted by molar-refractivity contribution is -0.131. The van der Waals surface area contributed by atoms with E-state index in [1.165, 1.54) is 19.3 Å². The molecule has 1 amide bonds. The molecular weight excluding hydrogens is 186 g/mol. The van der Waals surface area contributed by atoms with Crippen molar-refractivity contribution in [2.45, 2.75) is 45.1 Å². The highest BCUT2D eigenvalue weighted by molar-refractivity contribution is 6.18. The van der Waals surface area contributed by atoms with Gasteiger partial charge in [-0.3, -0.25) is 4.79 Å². The van der Waals surface area contributed by atoms with Gasteiger partial charge < -0.3 is 4.90 Å². The first kappa shape index (κ1) is 10.8. The van der Waals surface area contributed by atoms with Crippen molar-refractivity contribution in [1.82, 2.24) is 4.90 Å². The second kappa shape index (κ2) is 5.48. The molecule has 13 heavy (non-hydrogen) atoms. The summed E-state index contributed by atoms with van der Waals surface area (Å²) in [7, 11) is 0. The minimum absolute atomic E-state index is 0.174. The monoisotopic (exact) mass is 203 g/mol. The summed E-state index contributed by atoms with van der Waals surface area (Å²) in [6.45, 7) is 2.35. The number of rotatable bonds is 3. The molecule has 76 valence electrons. The van der Waals surface area contributed by atoms with E-state index in [0.717, 1.165) is 12.8 Å². The normalized spacial score (nSPS) is 18.6. The lowest BCUT2D eigenvalue weighted by Gasteiger charge is -2.33. The van der Waals surface area contributed by atoms with Gasteiger partial charge in [0.25, 0.3) is 0 Å². The second-order valence-electron chi connectivity index (χ2n) is 3.69. The number of hydrogen-bond donors (Lipinski definition) is 0. The maximum atomic E-state index is 11.3. The molecule has 3 heteroatoms. The summed E-state index contributed by atoms with van der Waals surface area (Å²) >= 11 is 5.67. The third kappa shape index (κ3) is 3.18. The zero-order chi connectivity index (χ0) is 9.68. The zero-order valence-electron chi connectivity index (χ0n) is 8.26. The molecule has 0 aromatic rings. The van der Waals surface area contributed by atoms with E-state index in [2.05, 4.69) is 0 Å². The van der Waals surface area contributed by atoms with Gasteiger partial charge in [0.2, 0.25) is 5.91 Å². The number of amides is 1. The topological polar surface area (TPSA) is 20.3 Å². The molecule has 1 fully saturated rings. The van der Waals surface area contributed by atoms with E-state index < -0.39 is 0 Å². The average molecular weight is 204 g/mol. The van der Waals surface area contributed by atoms with Gasteiger partial charge >= 0.3 is 0 Å². The Bertz CT molecular complexity index is 166. The SMILES string of the molecule is CC(=O)N(CCCl)C1CCCCC1. The summed E-state index contributed by atoms with van der Waals surface area (Å²) in [4.78, 5) is 13.2. The van der Waals surface area contributed by atoms with Crippen LogP contribution in [0.5, 0.6) is 0 Å². The Balaban J connectivity index is 2.46. The van der Waals surface area contributed by atoms with Gasteiger partial charge in [-0.1, -0.05) is 19.3 Å². The molecule has 0 saturated heterocycles. The van der Waals surface area contributed by atoms with Gasteiger partial charge in [0, 0.05) is 25.4 Å². The molecule has 0 radical (unpaired) electrons. The maximum Gasteiger partial charge on any atom is 0.219 e. The highest BCUT2D eigenvalue weighted by atomic mass is 35.5. The van der Waals surface area contributed by atoms with Gasteiger partial charge in [-0.25, -0.2) is 0 Å². The van der Waals surface area contributed by atoms with Crippen LogP contribution < -0.4 is 0 Å². The fraction of sp³-hybridized carbons (Fsp3) is 0.900. The van der Waals surface area contributed by atoms with Crippen LogP contribution in [0.3, 0.4) is 0 Å². The van der Waals surface area contributed by atoms with E-state index in [4.69, 9.17) is 11.6 Å². The first-order chi connectivity index (χ1) is 6.25. The molecule has 2 nitrogen and oxygen atoms in total. The summed E-state index contributed by atoms with van der Waals surface area (Å²) in [5, 5.41) is 0. The quantitative estimate of drug-likeness (QED) is 0.646. The van der Waals surface area contributed by atoms with Crippen LogP contribution in [0.2, 0.25) is 0 Å². The molecule has 0 bridgehead atoms. The predicted octanol–water partition coefficient (Wildman–Crippen LogP) is 2.41. The Kier molecular flexibility index (Phi) is 4.57. The molecular formula is C10H18ClNO. The number of nitrogens with zero attached hydrogens (tertiary/aromatic N) is 1. The molecule has 0 aliphatic heterocycles. The lowest BCUT2D eigenvalue weighted by Crippen LogP contribution is -2.41. The van der Waals surface area contributed by atoms with Crippen LogP contribution in [-0.4, -0.2) is 29.3 Å². The summed E-state index contributed by atoms with van der Waals surface area (Å²) in [5.74, 6) is 0.725. The number of alkyl halides is 1. The van der Waals surface area contributed by atoms with Gasteiger partial charge in [0.1, 0.15) is 0 Å². The Hall–Kier alpha value is -0.240. The van der Waals surface area contributed by atoms with Crippen molar-refractivity contribution in [2.24, 2.45) is 0 Å². The van der Waals surface area contributed by atoms with Gasteiger partial charge in [-0.15, -0.1) is 11.6 Å². The van der Waals surface area contributed by atoms with E-state index in [1.54, 1.807) is 6.92 Å². The molecule has 1 saturated carbocycles. The van der Waals surface area contributed by atoms with E-state index in [0.29, 0.717) is 18.5 Å². The fourth-order valence-electron chi connectivity index (χ4n) is 2.08. The van der Waals surface area contributed by atoms with Crippen LogP contribution in [0.1, 0.15) is 39.0 Å². The highest BCUT2D eigenvalue weighted by Crippen LogP contribution is 2.22. The molecule has 0 atom stereocenters. The van der Waals surface area contributed by atoms with Gasteiger partial charge in [0.05, 0.1) is 0 Å². The van der Waals surface area contributed by atoms with Crippen LogP contribution in [0.15, 0.2) is 0 Å². The van der Waals surface area contributed by atoms with Crippen molar-refractivity contribution in [3.8, 4) is 0 Å². The minimum Gasteiger partial charge on any atom is -0.339 e. The first-order valence-corrected chi connectivity index (χ1v) is 5.62. The molecule has 0 aromatic heterocycles. The van der Waals surface area contributed by atoms with Crippen molar-refractivity contribution in [2.75, 3.05) is 12.4 Å². The smallest absolute Gasteiger partial charge is 0.219 e. The zero-order valence-corrected chi connectivity index (χ0v) is 9.02. The van der Waals surface area contributed by atoms with Crippen LogP contribution in [0.25, 0.3) is 0 Å². The van der Waals surface area contributed by atoms with E-state index >= 15 is 0 Å². The molecule has 1 aliphatic carbocycles. The Labute approximate surface area is 85.2 Å². The van der Waals surface area contributed by atoms with E-state index in [9.17, 15) is 4.79 Å². The summed E-state index contributed by atoms with van der Waals surface area (Å²) < 4.78 is 0. The molecule has 1 rings (SSSR count). The summed E-state index contributed by atoms with van der Waals surface area (Å²) in [6, 6.07) is 0.463. The minimum atomic E-state index is 0.174. The summed E-state index contributed by atoms with van der Waals surface area (Å²) in [6.07, 6.45) is 6.17. The van der Waals surface area contributed by atoms with E-state index in [-0.39, 0.29) is 5.91 Å². The highest BCUT2D eigenvalue weighted by Gasteiger charge is 2.22. The lowest BCUT2D eigenvalue weighted by atomic mass is 9.94. The van der Waals surface area contributed by atoms with Crippen LogP contribution in [-0.2, 0) is 4.79 Å². The van der Waals surface area contributed by atoms with Gasteiger partial charge in [0.15, 0.2) is 0 Å². The number of hydrogen-bond acceptors (Lipinski definition) is 1. The Morgan fingerprint density at radius 3 is 2.46 bits per heavy atom. The maximum absolute atomic E-state index is 11.3. The average Bonchev–Trinajstić information content (AvgIpc) is 2.15. The standard InChI is InChI=1S/C10H18ClNO/c1-9(13)12(8-7-11)10-5-3-2-4-6-10/h10H,2-8H2,1H3. The van der Waals surface area contributed by atoms with Crippen LogP contribution in [0, 0.1) is 0 Å². The Morgan fingerprint density at radius 2 is 2.00 bits per heavy atom. The second-order valence-corrected chi connectivity index (χ2v) is 4.07. The number of carbonyl (C=O) groups excluding carboxylic acids is 1. The first-order valence-electron chi connectivity index (χ1n) is 5.09. The molecule has 1 aliphatic rings. The van der Waals surface area contributed by atoms with Crippen LogP contribution in [0.4, 0.5) is 0 Å². The Morgan fingerprint density at radius 1 is 1.38 bits per heavy atom. The number of carbonyl (C=O) groups is 1. The van der Waals surface area contributed by atoms with Gasteiger partial charge in [-0.2, -0.15) is 0 Å². The van der Waals surface area contributed by atoms with Crippen molar-refractivity contribution < 1.29 is 4.79 Å². The fourth-order valence-corrected chi connectivity index (χ4v) is 2.26. The van der Waals surface area contributed by atoms with E-state index in [1.807, 2.05) is 4.90 Å². The third-order valence-corrected chi connectivity index (χ3v) is 2.91. The third-order valence-electron chi connectivity index (χ3n) is 2.75. The molecule has 0 N–H and O–H groups in total. The largest absolute Gasteiger partial charge is 0.339 e. The molecule has 0 spiro atoms. The number of halogens is 1. The van der Waals surface area contributed by atoms with Crippen molar-refractivity contribution in [3.05, 3.63) is 0 Å². The van der Waals surface area contributed by atoms with Crippen LogP contribution >= 0.6 is 11.6 Å². The van der Waals surface area contributed by atoms with Crippen molar-refractivity contribution in [1.29, 1.82) is 0 Å². The predicted molar refractivity (Wildman–Crippen MR) is 55.0 cm³/mol. The molecule has 0 heterocycles. The van der Waals surface area contributed by atoms with Crippen molar-refractivity contribution >= 4 is 17.5 Å². The summed E-state index contributed by atoms with van der Waals surface area (Å²) in [5.41, 5.74) is 0. The molecule has 0 aromatic carbocycles. The molecule has 0 unspecified atom stereocenters. The van der Waals surface area contributed by atoms with Gasteiger partial charge in [-0.05, 0) is 12.8 Å². The van der Waals surface area contributed by atoms with Crippen molar-refractivity contribution in [3.63, 3.8) is 0 Å².